The number of carbonyl (C=O) groups is 2. The molecule has 0 aliphatic heterocycles. The van der Waals surface area contributed by atoms with Crippen molar-refractivity contribution in [2.45, 2.75) is 65.1 Å². The Balaban J connectivity index is 2.22. The van der Waals surface area contributed by atoms with Gasteiger partial charge < -0.3 is 15.0 Å². The Morgan fingerprint density at radius 3 is 2.32 bits per heavy atom. The third kappa shape index (κ3) is 9.03. The van der Waals surface area contributed by atoms with Crippen LogP contribution in [0.3, 0.4) is 0 Å². The highest BCUT2D eigenvalue weighted by Gasteiger charge is 2.29. The zero-order chi connectivity index (χ0) is 27.6. The van der Waals surface area contributed by atoms with Gasteiger partial charge in [-0.25, -0.2) is 12.8 Å². The molecule has 0 saturated heterocycles. The molecule has 0 spiro atoms. The Morgan fingerprint density at radius 2 is 1.76 bits per heavy atom. The van der Waals surface area contributed by atoms with Gasteiger partial charge in [0.25, 0.3) is 0 Å². The van der Waals surface area contributed by atoms with E-state index in [2.05, 4.69) is 5.32 Å². The summed E-state index contributed by atoms with van der Waals surface area (Å²) in [4.78, 5) is 28.0. The van der Waals surface area contributed by atoms with Crippen LogP contribution >= 0.6 is 0 Å². The van der Waals surface area contributed by atoms with Crippen molar-refractivity contribution in [3.8, 4) is 5.75 Å². The van der Waals surface area contributed by atoms with Crippen LogP contribution < -0.4 is 14.4 Å². The quantitative estimate of drug-likeness (QED) is 0.393. The van der Waals surface area contributed by atoms with E-state index in [9.17, 15) is 22.4 Å². The molecular weight excluding hydrogens is 497 g/mol. The number of ether oxygens (including phenoxy) is 1. The van der Waals surface area contributed by atoms with Crippen LogP contribution in [0.4, 0.5) is 10.1 Å². The van der Waals surface area contributed by atoms with E-state index in [0.717, 1.165) is 12.7 Å². The normalized spacial score (nSPS) is 12.9. The SMILES string of the molecule is CCC(C)NC(=O)C(CC)N(Cc1ccc(F)cc1)C(=O)CCCN(c1cccc(OC)c1)S(C)(=O)=O. The molecule has 2 aromatic carbocycles. The Kier molecular flexibility index (Phi) is 11.4. The molecule has 0 aromatic heterocycles. The lowest BCUT2D eigenvalue weighted by atomic mass is 10.1. The summed E-state index contributed by atoms with van der Waals surface area (Å²) < 4.78 is 44.9. The van der Waals surface area contributed by atoms with Gasteiger partial charge in [0.15, 0.2) is 0 Å². The van der Waals surface area contributed by atoms with Gasteiger partial charge in [-0.05, 0) is 56.0 Å². The van der Waals surface area contributed by atoms with Gasteiger partial charge in [-0.1, -0.05) is 32.0 Å². The summed E-state index contributed by atoms with van der Waals surface area (Å²) in [6.45, 7) is 5.91. The minimum Gasteiger partial charge on any atom is -0.497 e. The van der Waals surface area contributed by atoms with Crippen molar-refractivity contribution in [3.05, 3.63) is 59.9 Å². The van der Waals surface area contributed by atoms with Gasteiger partial charge in [0.1, 0.15) is 17.6 Å². The molecule has 37 heavy (non-hydrogen) atoms. The standard InChI is InChI=1S/C27H38FN3O5S/c1-6-20(3)29-27(33)25(7-2)30(19-21-13-15-22(28)16-14-21)26(32)12-9-17-31(37(5,34)35)23-10-8-11-24(18-23)36-4/h8,10-11,13-16,18,20,25H,6-7,9,12,17,19H2,1-5H3,(H,29,33). The maximum atomic E-state index is 13.4. The maximum Gasteiger partial charge on any atom is 0.243 e. The third-order valence-corrected chi connectivity index (χ3v) is 7.34. The van der Waals surface area contributed by atoms with Crippen LogP contribution in [0.2, 0.25) is 0 Å². The topological polar surface area (TPSA) is 96.0 Å². The summed E-state index contributed by atoms with van der Waals surface area (Å²) in [6, 6.07) is 11.7. The second-order valence-electron chi connectivity index (χ2n) is 9.03. The van der Waals surface area contributed by atoms with E-state index in [1.165, 1.54) is 28.4 Å². The van der Waals surface area contributed by atoms with Gasteiger partial charge in [0, 0.05) is 31.6 Å². The van der Waals surface area contributed by atoms with Gasteiger partial charge >= 0.3 is 0 Å². The Labute approximate surface area is 219 Å². The predicted octanol–water partition coefficient (Wildman–Crippen LogP) is 4.10. The van der Waals surface area contributed by atoms with Gasteiger partial charge in [0.2, 0.25) is 21.8 Å². The van der Waals surface area contributed by atoms with Crippen LogP contribution in [0, 0.1) is 5.82 Å². The summed E-state index contributed by atoms with van der Waals surface area (Å²) >= 11 is 0. The van der Waals surface area contributed by atoms with Gasteiger partial charge in [-0.15, -0.1) is 0 Å². The molecule has 0 saturated carbocycles. The molecule has 2 atom stereocenters. The molecule has 10 heteroatoms. The number of halogens is 1. The first-order valence-electron chi connectivity index (χ1n) is 12.5. The van der Waals surface area contributed by atoms with Crippen molar-refractivity contribution in [2.75, 3.05) is 24.2 Å². The van der Waals surface area contributed by atoms with Crippen molar-refractivity contribution in [1.29, 1.82) is 0 Å². The number of anilines is 1. The molecule has 0 aliphatic rings. The first kappa shape index (κ1) is 30.1. The average molecular weight is 536 g/mol. The van der Waals surface area contributed by atoms with Crippen molar-refractivity contribution in [1.82, 2.24) is 10.2 Å². The van der Waals surface area contributed by atoms with Crippen LogP contribution in [-0.4, -0.2) is 57.1 Å². The molecule has 8 nitrogen and oxygen atoms in total. The summed E-state index contributed by atoms with van der Waals surface area (Å²) in [5.74, 6) is -0.400. The summed E-state index contributed by atoms with van der Waals surface area (Å²) in [5.41, 5.74) is 1.13. The number of hydrogen-bond donors (Lipinski definition) is 1. The van der Waals surface area contributed by atoms with Crippen LogP contribution in [0.1, 0.15) is 52.0 Å². The van der Waals surface area contributed by atoms with Gasteiger partial charge in [-0.3, -0.25) is 13.9 Å². The molecule has 1 N–H and O–H groups in total. The molecule has 0 aliphatic carbocycles. The molecule has 0 radical (unpaired) electrons. The number of benzene rings is 2. The molecule has 204 valence electrons. The molecule has 2 amide bonds. The lowest BCUT2D eigenvalue weighted by Gasteiger charge is -2.32. The minimum absolute atomic E-state index is 0.0320. The number of nitrogens with one attached hydrogen (secondary N) is 1. The third-order valence-electron chi connectivity index (χ3n) is 6.15. The highest BCUT2D eigenvalue weighted by Crippen LogP contribution is 2.24. The van der Waals surface area contributed by atoms with E-state index in [0.29, 0.717) is 23.4 Å². The first-order valence-corrected chi connectivity index (χ1v) is 14.3. The fourth-order valence-electron chi connectivity index (χ4n) is 3.92. The number of rotatable bonds is 14. The number of amides is 2. The minimum atomic E-state index is -3.61. The van der Waals surface area contributed by atoms with E-state index in [-0.39, 0.29) is 49.6 Å². The predicted molar refractivity (Wildman–Crippen MR) is 143 cm³/mol. The van der Waals surface area contributed by atoms with Crippen molar-refractivity contribution in [2.24, 2.45) is 0 Å². The van der Waals surface area contributed by atoms with Crippen LogP contribution in [0.15, 0.2) is 48.5 Å². The van der Waals surface area contributed by atoms with E-state index in [4.69, 9.17) is 4.74 Å². The molecule has 0 bridgehead atoms. The molecule has 0 heterocycles. The number of nitrogens with zero attached hydrogens (tertiary/aromatic N) is 2. The number of methoxy groups -OCH3 is 1. The lowest BCUT2D eigenvalue weighted by Crippen LogP contribution is -2.50. The summed E-state index contributed by atoms with van der Waals surface area (Å²) in [7, 11) is -2.11. The monoisotopic (exact) mass is 535 g/mol. The Morgan fingerprint density at radius 1 is 1.08 bits per heavy atom. The number of carbonyl (C=O) groups excluding carboxylic acids is 2. The molecule has 2 aromatic rings. The maximum absolute atomic E-state index is 13.4. The van der Waals surface area contributed by atoms with Crippen LogP contribution in [-0.2, 0) is 26.2 Å². The Hall–Kier alpha value is -3.14. The van der Waals surface area contributed by atoms with E-state index >= 15 is 0 Å². The fraction of sp³-hybridized carbons (Fsp3) is 0.481. The molecule has 0 fully saturated rings. The molecular formula is C27H38FN3O5S. The first-order chi connectivity index (χ1) is 17.5. The van der Waals surface area contributed by atoms with Gasteiger partial charge in [0.05, 0.1) is 19.1 Å². The summed E-state index contributed by atoms with van der Waals surface area (Å²) in [5, 5.41) is 2.95. The Bertz CT molecular complexity index is 1140. The number of sulfonamides is 1. The van der Waals surface area contributed by atoms with Crippen LogP contribution in [0.5, 0.6) is 5.75 Å². The average Bonchev–Trinajstić information content (AvgIpc) is 2.86. The molecule has 2 unspecified atom stereocenters. The molecule has 2 rings (SSSR count). The van der Waals surface area contributed by atoms with Crippen LogP contribution in [0.25, 0.3) is 0 Å². The highest BCUT2D eigenvalue weighted by atomic mass is 32.2. The second-order valence-corrected chi connectivity index (χ2v) is 10.9. The van der Waals surface area contributed by atoms with E-state index in [1.54, 1.807) is 36.4 Å². The zero-order valence-electron chi connectivity index (χ0n) is 22.2. The van der Waals surface area contributed by atoms with Crippen molar-refractivity contribution < 1.29 is 27.1 Å². The van der Waals surface area contributed by atoms with E-state index < -0.39 is 16.1 Å². The van der Waals surface area contributed by atoms with E-state index in [1.807, 2.05) is 20.8 Å². The van der Waals surface area contributed by atoms with Crippen molar-refractivity contribution in [3.63, 3.8) is 0 Å². The highest BCUT2D eigenvalue weighted by molar-refractivity contribution is 7.92. The second kappa shape index (κ2) is 14.0. The summed E-state index contributed by atoms with van der Waals surface area (Å²) in [6.07, 6.45) is 2.53. The zero-order valence-corrected chi connectivity index (χ0v) is 23.1. The van der Waals surface area contributed by atoms with Gasteiger partial charge in [-0.2, -0.15) is 0 Å². The lowest BCUT2D eigenvalue weighted by molar-refractivity contribution is -0.141. The van der Waals surface area contributed by atoms with Crippen molar-refractivity contribution >= 4 is 27.5 Å². The fourth-order valence-corrected chi connectivity index (χ4v) is 4.87. The largest absolute Gasteiger partial charge is 0.497 e. The number of hydrogen-bond acceptors (Lipinski definition) is 5. The smallest absolute Gasteiger partial charge is 0.243 e.